The molecule has 2 aliphatic rings. The van der Waals surface area contributed by atoms with Crippen LogP contribution in [-0.4, -0.2) is 71.2 Å². The van der Waals surface area contributed by atoms with Gasteiger partial charge in [0.1, 0.15) is 36.3 Å². The molecule has 1 N–H and O–H groups in total. The molecule has 46 heavy (non-hydrogen) atoms. The van der Waals surface area contributed by atoms with Gasteiger partial charge in [-0.15, -0.1) is 0 Å². The first-order chi connectivity index (χ1) is 21.8. The molecule has 4 rings (SSSR count). The van der Waals surface area contributed by atoms with Gasteiger partial charge in [-0.05, 0) is 65.2 Å². The molecule has 0 aliphatic carbocycles. The molecule has 1 amide bonds. The lowest BCUT2D eigenvalue weighted by Gasteiger charge is -2.25. The SMILES string of the molecule is COc1ccc(Cn2c(=O)ccn([C@@H]3O[C@H](COC(=O)CCCCCCCNC(=O)OC(C)(C)C)[C@H]4OC(C)(C)O[C@H]43)c2=O)cc1. The number of nitrogens with one attached hydrogen (secondary N) is 1. The molecule has 1 aromatic carbocycles. The smallest absolute Gasteiger partial charge is 0.407 e. The third kappa shape index (κ3) is 9.66. The monoisotopic (exact) mass is 645 g/mol. The second kappa shape index (κ2) is 15.3. The van der Waals surface area contributed by atoms with Crippen molar-refractivity contribution in [2.24, 2.45) is 0 Å². The summed E-state index contributed by atoms with van der Waals surface area (Å²) in [6.07, 6.45) is 2.63. The van der Waals surface area contributed by atoms with E-state index < -0.39 is 53.3 Å². The van der Waals surface area contributed by atoms with Gasteiger partial charge in [-0.2, -0.15) is 0 Å². The van der Waals surface area contributed by atoms with Crippen LogP contribution in [0.2, 0.25) is 0 Å². The fourth-order valence-corrected chi connectivity index (χ4v) is 5.48. The lowest BCUT2D eigenvalue weighted by Crippen LogP contribution is -2.43. The van der Waals surface area contributed by atoms with Crippen molar-refractivity contribution < 1.29 is 38.0 Å². The number of amides is 1. The van der Waals surface area contributed by atoms with E-state index in [2.05, 4.69) is 5.32 Å². The van der Waals surface area contributed by atoms with Crippen LogP contribution in [0.1, 0.15) is 84.9 Å². The summed E-state index contributed by atoms with van der Waals surface area (Å²) in [6.45, 7) is 9.55. The van der Waals surface area contributed by atoms with Crippen LogP contribution in [0.25, 0.3) is 0 Å². The number of carbonyl (C=O) groups is 2. The van der Waals surface area contributed by atoms with Crippen LogP contribution in [0.4, 0.5) is 4.79 Å². The zero-order valence-electron chi connectivity index (χ0n) is 27.6. The van der Waals surface area contributed by atoms with Crippen LogP contribution in [0.15, 0.2) is 46.1 Å². The summed E-state index contributed by atoms with van der Waals surface area (Å²) in [4.78, 5) is 50.5. The zero-order chi connectivity index (χ0) is 33.5. The van der Waals surface area contributed by atoms with E-state index in [-0.39, 0.29) is 25.5 Å². The van der Waals surface area contributed by atoms with Gasteiger partial charge in [0.2, 0.25) is 0 Å². The van der Waals surface area contributed by atoms with Crippen LogP contribution in [0.3, 0.4) is 0 Å². The van der Waals surface area contributed by atoms with Crippen molar-refractivity contribution in [1.82, 2.24) is 14.5 Å². The molecule has 13 heteroatoms. The van der Waals surface area contributed by atoms with E-state index in [1.807, 2.05) is 20.8 Å². The maximum absolute atomic E-state index is 13.6. The molecule has 2 aliphatic heterocycles. The Morgan fingerprint density at radius 1 is 0.957 bits per heavy atom. The van der Waals surface area contributed by atoms with Crippen molar-refractivity contribution in [3.05, 3.63) is 62.9 Å². The summed E-state index contributed by atoms with van der Waals surface area (Å²) in [5, 5.41) is 2.74. The molecule has 2 saturated heterocycles. The Morgan fingerprint density at radius 3 is 2.33 bits per heavy atom. The van der Waals surface area contributed by atoms with E-state index >= 15 is 0 Å². The topological polar surface area (TPSA) is 146 Å². The van der Waals surface area contributed by atoms with Gasteiger partial charge in [0, 0.05) is 25.2 Å². The number of esters is 1. The molecule has 13 nitrogen and oxygen atoms in total. The highest BCUT2D eigenvalue weighted by Crippen LogP contribution is 2.42. The minimum Gasteiger partial charge on any atom is -0.497 e. The number of fused-ring (bicyclic) bond motifs is 1. The van der Waals surface area contributed by atoms with Crippen LogP contribution in [-0.2, 0) is 35.0 Å². The number of aromatic nitrogens is 2. The molecule has 0 saturated carbocycles. The van der Waals surface area contributed by atoms with Crippen molar-refractivity contribution in [2.75, 3.05) is 20.3 Å². The summed E-state index contributed by atoms with van der Waals surface area (Å²) >= 11 is 0. The summed E-state index contributed by atoms with van der Waals surface area (Å²) in [7, 11) is 1.56. The number of rotatable bonds is 14. The van der Waals surface area contributed by atoms with Crippen LogP contribution < -0.4 is 21.3 Å². The minimum atomic E-state index is -0.941. The lowest BCUT2D eigenvalue weighted by atomic mass is 10.1. The predicted octanol–water partition coefficient (Wildman–Crippen LogP) is 3.89. The van der Waals surface area contributed by atoms with Crippen LogP contribution in [0, 0.1) is 0 Å². The van der Waals surface area contributed by atoms with E-state index in [4.69, 9.17) is 28.4 Å². The molecule has 2 fully saturated rings. The second-order valence-corrected chi connectivity index (χ2v) is 13.0. The van der Waals surface area contributed by atoms with E-state index in [0.717, 1.165) is 35.8 Å². The maximum atomic E-state index is 13.6. The first-order valence-corrected chi connectivity index (χ1v) is 15.8. The molecule has 1 aromatic heterocycles. The highest BCUT2D eigenvalue weighted by atomic mass is 16.8. The fourth-order valence-electron chi connectivity index (χ4n) is 5.48. The molecule has 0 bridgehead atoms. The van der Waals surface area contributed by atoms with Gasteiger partial charge < -0.3 is 33.7 Å². The fraction of sp³-hybridized carbons (Fsp3) is 0.636. The molecule has 0 radical (unpaired) electrons. The number of alkyl carbamates (subject to hydrolysis) is 1. The highest BCUT2D eigenvalue weighted by molar-refractivity contribution is 5.69. The Labute approximate surface area is 269 Å². The van der Waals surface area contributed by atoms with Gasteiger partial charge >= 0.3 is 17.8 Å². The predicted molar refractivity (Wildman–Crippen MR) is 168 cm³/mol. The van der Waals surface area contributed by atoms with Gasteiger partial charge in [-0.1, -0.05) is 31.4 Å². The highest BCUT2D eigenvalue weighted by Gasteiger charge is 2.56. The Hall–Kier alpha value is -3.68. The first-order valence-electron chi connectivity index (χ1n) is 15.8. The number of unbranched alkanes of at least 4 members (excludes halogenated alkanes) is 4. The first kappa shape index (κ1) is 35.2. The van der Waals surface area contributed by atoms with E-state index in [0.29, 0.717) is 18.7 Å². The molecular weight excluding hydrogens is 598 g/mol. The molecule has 3 heterocycles. The zero-order valence-corrected chi connectivity index (χ0v) is 27.6. The number of ether oxygens (including phenoxy) is 6. The van der Waals surface area contributed by atoms with Crippen molar-refractivity contribution in [3.8, 4) is 5.75 Å². The standard InChI is InChI=1S/C33H47N3O10/c1-32(2,3)46-30(39)34-18-11-9-7-8-10-12-26(38)42-21-24-27-28(45-33(4,5)44-27)29(43-24)35-19-17-25(37)36(31(35)40)20-22-13-15-23(41-6)16-14-22/h13-17,19,24,27-29H,7-12,18,20-21H2,1-6H3,(H,34,39)/t24-,27-,28-,29-/m1/s1. The third-order valence-electron chi connectivity index (χ3n) is 7.63. The number of nitrogens with zero attached hydrogens (tertiary/aromatic N) is 2. The molecule has 2 aromatic rings. The quantitative estimate of drug-likeness (QED) is 0.237. The largest absolute Gasteiger partial charge is 0.497 e. The Morgan fingerprint density at radius 2 is 1.63 bits per heavy atom. The summed E-state index contributed by atoms with van der Waals surface area (Å²) in [5.74, 6) is -0.622. The average molecular weight is 646 g/mol. The number of methoxy groups -OCH3 is 1. The third-order valence-corrected chi connectivity index (χ3v) is 7.63. The molecule has 0 spiro atoms. The minimum absolute atomic E-state index is 0.0630. The summed E-state index contributed by atoms with van der Waals surface area (Å²) < 4.78 is 36.8. The lowest BCUT2D eigenvalue weighted by molar-refractivity contribution is -0.203. The number of hydrogen-bond acceptors (Lipinski definition) is 10. The Bertz CT molecular complexity index is 1440. The second-order valence-electron chi connectivity index (χ2n) is 13.0. The molecule has 0 unspecified atom stereocenters. The molecule has 254 valence electrons. The normalized spacial score (nSPS) is 21.9. The molecule has 4 atom stereocenters. The Balaban J connectivity index is 1.27. The average Bonchev–Trinajstić information content (AvgIpc) is 3.47. The Kier molecular flexibility index (Phi) is 11.7. The van der Waals surface area contributed by atoms with E-state index in [1.165, 1.54) is 16.8 Å². The van der Waals surface area contributed by atoms with Gasteiger partial charge in [-0.3, -0.25) is 18.7 Å². The number of carbonyl (C=O) groups excluding carboxylic acids is 2. The van der Waals surface area contributed by atoms with E-state index in [9.17, 15) is 19.2 Å². The summed E-state index contributed by atoms with van der Waals surface area (Å²) in [5.41, 5.74) is -0.770. The van der Waals surface area contributed by atoms with Gasteiger partial charge in [0.25, 0.3) is 5.56 Å². The van der Waals surface area contributed by atoms with Gasteiger partial charge in [0.15, 0.2) is 12.0 Å². The van der Waals surface area contributed by atoms with Crippen LogP contribution in [0.5, 0.6) is 5.75 Å². The van der Waals surface area contributed by atoms with Gasteiger partial charge in [0.05, 0.1) is 13.7 Å². The number of benzene rings is 1. The van der Waals surface area contributed by atoms with Crippen molar-refractivity contribution in [3.63, 3.8) is 0 Å². The van der Waals surface area contributed by atoms with E-state index in [1.54, 1.807) is 45.2 Å². The molecular formula is C33H47N3O10. The van der Waals surface area contributed by atoms with Crippen molar-refractivity contribution in [1.29, 1.82) is 0 Å². The maximum Gasteiger partial charge on any atom is 0.407 e. The van der Waals surface area contributed by atoms with Crippen molar-refractivity contribution >= 4 is 12.1 Å². The van der Waals surface area contributed by atoms with Crippen LogP contribution >= 0.6 is 0 Å². The van der Waals surface area contributed by atoms with Gasteiger partial charge in [-0.25, -0.2) is 9.59 Å². The summed E-state index contributed by atoms with van der Waals surface area (Å²) in [6, 6.07) is 8.42. The number of hydrogen-bond donors (Lipinski definition) is 1. The van der Waals surface area contributed by atoms with Crippen molar-refractivity contribution in [2.45, 2.75) is 116 Å².